The van der Waals surface area contributed by atoms with Crippen molar-refractivity contribution in [3.8, 4) is 0 Å². The zero-order valence-corrected chi connectivity index (χ0v) is 22.4. The average molecular weight is 459 g/mol. The van der Waals surface area contributed by atoms with Crippen molar-refractivity contribution < 1.29 is 15.3 Å². The Kier molecular flexibility index (Phi) is 5.40. The van der Waals surface area contributed by atoms with Crippen LogP contribution >= 0.6 is 0 Å². The van der Waals surface area contributed by atoms with Crippen LogP contribution in [0.5, 0.6) is 0 Å². The largest absolute Gasteiger partial charge is 0.393 e. The third kappa shape index (κ3) is 3.10. The fourth-order valence-corrected chi connectivity index (χ4v) is 10.6. The second-order valence-corrected chi connectivity index (χ2v) is 14.7. The first-order chi connectivity index (χ1) is 15.2. The highest BCUT2D eigenvalue weighted by atomic mass is 16.3. The fraction of sp³-hybridized carbons (Fsp3) is 0.933. The summed E-state index contributed by atoms with van der Waals surface area (Å²) in [5.74, 6) is 1.45. The predicted molar refractivity (Wildman–Crippen MR) is 134 cm³/mol. The van der Waals surface area contributed by atoms with Gasteiger partial charge in [0.2, 0.25) is 0 Å². The van der Waals surface area contributed by atoms with Crippen molar-refractivity contribution in [2.75, 3.05) is 0 Å². The minimum atomic E-state index is -0.801. The number of fused-ring (bicyclic) bond motifs is 4. The molecule has 3 saturated carbocycles. The molecule has 0 saturated heterocycles. The first-order valence-electron chi connectivity index (χ1n) is 14.0. The first-order valence-corrected chi connectivity index (χ1v) is 14.0. The standard InChI is InChI=1S/C30H50O3/c1-26(2)23-11-10-21-20(28(23,5)15-14-24(26)31)13-17-29(6)19(12-16-30(21,29)7)18-8-9-22(25(18)32)27(3,4)33/h18-19,22-25,31-33H,8-17H2,1-7H3/t18-,19-,22+,23+,24+,25-,28-,29-,30+/m1/s1. The maximum Gasteiger partial charge on any atom is 0.0644 e. The van der Waals surface area contributed by atoms with E-state index in [-0.39, 0.29) is 39.8 Å². The van der Waals surface area contributed by atoms with Crippen LogP contribution in [0.1, 0.15) is 113 Å². The highest BCUT2D eigenvalue weighted by molar-refractivity contribution is 5.39. The van der Waals surface area contributed by atoms with Gasteiger partial charge in [0.1, 0.15) is 0 Å². The summed E-state index contributed by atoms with van der Waals surface area (Å²) in [6.07, 6.45) is 10.8. The van der Waals surface area contributed by atoms with Gasteiger partial charge >= 0.3 is 0 Å². The van der Waals surface area contributed by atoms with Gasteiger partial charge in [0.15, 0.2) is 0 Å². The zero-order valence-electron chi connectivity index (χ0n) is 22.4. The van der Waals surface area contributed by atoms with E-state index in [0.29, 0.717) is 17.8 Å². The lowest BCUT2D eigenvalue weighted by Crippen LogP contribution is -2.55. The molecule has 0 spiro atoms. The summed E-state index contributed by atoms with van der Waals surface area (Å²) < 4.78 is 0. The lowest BCUT2D eigenvalue weighted by Gasteiger charge is -2.62. The summed E-state index contributed by atoms with van der Waals surface area (Å²) in [6.45, 7) is 16.0. The van der Waals surface area contributed by atoms with E-state index >= 15 is 0 Å². The van der Waals surface area contributed by atoms with Gasteiger partial charge in [0, 0.05) is 5.92 Å². The molecule has 3 N–H and O–H groups in total. The molecule has 5 aliphatic rings. The Bertz CT molecular complexity index is 836. The number of hydrogen-bond acceptors (Lipinski definition) is 3. The third-order valence-corrected chi connectivity index (χ3v) is 12.9. The SMILES string of the molecule is CC(C)(O)[C@H]1CC[C@H]([C@H]2CC[C@@]3(C)C4=C(CC[C@]23C)[C@@]2(C)CC[C@H](O)C(C)(C)[C@@H]2CC4)[C@H]1O. The molecule has 5 aliphatic carbocycles. The molecule has 33 heavy (non-hydrogen) atoms. The van der Waals surface area contributed by atoms with E-state index in [1.165, 1.54) is 38.5 Å². The molecule has 5 rings (SSSR count). The number of aliphatic hydroxyl groups is 3. The van der Waals surface area contributed by atoms with Crippen LogP contribution in [0.4, 0.5) is 0 Å². The lowest BCUT2D eigenvalue weighted by molar-refractivity contribution is -0.0981. The first kappa shape index (κ1) is 24.3. The van der Waals surface area contributed by atoms with Crippen molar-refractivity contribution in [1.82, 2.24) is 0 Å². The maximum absolute atomic E-state index is 11.3. The van der Waals surface area contributed by atoms with Crippen molar-refractivity contribution in [2.45, 2.75) is 130 Å². The lowest BCUT2D eigenvalue weighted by atomic mass is 9.43. The topological polar surface area (TPSA) is 60.7 Å². The quantitative estimate of drug-likeness (QED) is 0.428. The molecule has 0 aromatic rings. The van der Waals surface area contributed by atoms with E-state index in [4.69, 9.17) is 0 Å². The fourth-order valence-electron chi connectivity index (χ4n) is 10.6. The van der Waals surface area contributed by atoms with E-state index < -0.39 is 5.60 Å². The summed E-state index contributed by atoms with van der Waals surface area (Å²) >= 11 is 0. The summed E-state index contributed by atoms with van der Waals surface area (Å²) in [7, 11) is 0. The van der Waals surface area contributed by atoms with Crippen LogP contribution in [0.3, 0.4) is 0 Å². The van der Waals surface area contributed by atoms with Crippen molar-refractivity contribution in [3.63, 3.8) is 0 Å². The van der Waals surface area contributed by atoms with Crippen LogP contribution in [-0.4, -0.2) is 33.1 Å². The van der Waals surface area contributed by atoms with Gasteiger partial charge in [0.05, 0.1) is 17.8 Å². The number of aliphatic hydroxyl groups excluding tert-OH is 2. The van der Waals surface area contributed by atoms with Crippen LogP contribution in [0.2, 0.25) is 0 Å². The second kappa shape index (κ2) is 7.32. The zero-order chi connectivity index (χ0) is 24.2. The van der Waals surface area contributed by atoms with E-state index in [0.717, 1.165) is 25.7 Å². The van der Waals surface area contributed by atoms with Crippen molar-refractivity contribution in [1.29, 1.82) is 0 Å². The molecule has 3 nitrogen and oxygen atoms in total. The van der Waals surface area contributed by atoms with E-state index in [9.17, 15) is 15.3 Å². The molecule has 0 bridgehead atoms. The third-order valence-electron chi connectivity index (χ3n) is 12.9. The molecule has 0 aromatic carbocycles. The van der Waals surface area contributed by atoms with Crippen LogP contribution < -0.4 is 0 Å². The van der Waals surface area contributed by atoms with E-state index in [1.807, 2.05) is 13.8 Å². The van der Waals surface area contributed by atoms with Crippen molar-refractivity contribution in [2.24, 2.45) is 45.3 Å². The number of hydrogen-bond donors (Lipinski definition) is 3. The maximum atomic E-state index is 11.3. The van der Waals surface area contributed by atoms with Gasteiger partial charge in [-0.2, -0.15) is 0 Å². The van der Waals surface area contributed by atoms with Gasteiger partial charge in [-0.15, -0.1) is 0 Å². The van der Waals surface area contributed by atoms with Gasteiger partial charge in [-0.3, -0.25) is 0 Å². The van der Waals surface area contributed by atoms with Crippen LogP contribution in [0.25, 0.3) is 0 Å². The highest BCUT2D eigenvalue weighted by Crippen LogP contribution is 2.73. The van der Waals surface area contributed by atoms with Crippen molar-refractivity contribution in [3.05, 3.63) is 11.1 Å². The normalized spacial score (nSPS) is 51.8. The molecule has 3 fully saturated rings. The van der Waals surface area contributed by atoms with Gasteiger partial charge in [-0.25, -0.2) is 0 Å². The van der Waals surface area contributed by atoms with Crippen LogP contribution in [0.15, 0.2) is 11.1 Å². The highest BCUT2D eigenvalue weighted by Gasteiger charge is 2.64. The molecule has 0 aliphatic heterocycles. The molecular weight excluding hydrogens is 408 g/mol. The molecule has 0 radical (unpaired) electrons. The Balaban J connectivity index is 1.49. The minimum absolute atomic E-state index is 0.00145. The summed E-state index contributed by atoms with van der Waals surface area (Å²) in [5.41, 5.74) is 3.43. The molecule has 0 amide bonds. The van der Waals surface area contributed by atoms with Crippen LogP contribution in [0, 0.1) is 45.3 Å². The van der Waals surface area contributed by atoms with E-state index in [2.05, 4.69) is 34.6 Å². The summed E-state index contributed by atoms with van der Waals surface area (Å²) in [4.78, 5) is 0. The smallest absolute Gasteiger partial charge is 0.0644 e. The Morgan fingerprint density at radius 1 is 0.788 bits per heavy atom. The Hall–Kier alpha value is -0.380. The Labute approximate surface area is 202 Å². The Morgan fingerprint density at radius 2 is 1.48 bits per heavy atom. The Morgan fingerprint density at radius 3 is 2.12 bits per heavy atom. The van der Waals surface area contributed by atoms with Crippen molar-refractivity contribution >= 4 is 0 Å². The summed E-state index contributed by atoms with van der Waals surface area (Å²) in [6, 6.07) is 0. The van der Waals surface area contributed by atoms with Crippen LogP contribution in [-0.2, 0) is 0 Å². The summed E-state index contributed by atoms with van der Waals surface area (Å²) in [5, 5.41) is 32.8. The molecular formula is C30H50O3. The second-order valence-electron chi connectivity index (χ2n) is 14.7. The van der Waals surface area contributed by atoms with Gasteiger partial charge in [-0.05, 0) is 117 Å². The monoisotopic (exact) mass is 458 g/mol. The molecule has 188 valence electrons. The molecule has 0 aromatic heterocycles. The molecule has 9 atom stereocenters. The van der Waals surface area contributed by atoms with Gasteiger partial charge in [0.25, 0.3) is 0 Å². The number of rotatable bonds is 2. The molecule has 3 heteroatoms. The predicted octanol–water partition coefficient (Wildman–Crippen LogP) is 6.25. The van der Waals surface area contributed by atoms with E-state index in [1.54, 1.807) is 11.1 Å². The molecule has 0 heterocycles. The van der Waals surface area contributed by atoms with Gasteiger partial charge in [-0.1, -0.05) is 45.8 Å². The minimum Gasteiger partial charge on any atom is -0.393 e. The van der Waals surface area contributed by atoms with Gasteiger partial charge < -0.3 is 15.3 Å². The number of allylic oxidation sites excluding steroid dienone is 2. The average Bonchev–Trinajstić information content (AvgIpc) is 3.22. The molecule has 0 unspecified atom stereocenters.